The number of hydrogen-bond acceptors (Lipinski definition) is 2. The van der Waals surface area contributed by atoms with Crippen molar-refractivity contribution in [2.75, 3.05) is 0 Å². The normalized spacial score (nSPS) is 10.7. The lowest BCUT2D eigenvalue weighted by Gasteiger charge is -2.05. The molecule has 0 spiro atoms. The van der Waals surface area contributed by atoms with E-state index >= 15 is 0 Å². The van der Waals surface area contributed by atoms with Crippen LogP contribution in [0.3, 0.4) is 0 Å². The van der Waals surface area contributed by atoms with Gasteiger partial charge in [0.1, 0.15) is 5.58 Å². The van der Waals surface area contributed by atoms with Crippen LogP contribution in [0, 0.1) is 0 Å². The standard InChI is InChI=1S/C15H9BrO2/c16-11-7-5-10(6-8-11)13-9-15(17)18-14-4-2-1-3-12(13)14/h1-9H. The second kappa shape index (κ2) is 4.42. The van der Waals surface area contributed by atoms with E-state index in [1.165, 1.54) is 6.07 Å². The van der Waals surface area contributed by atoms with E-state index in [1.807, 2.05) is 42.5 Å². The van der Waals surface area contributed by atoms with Crippen molar-refractivity contribution >= 4 is 26.9 Å². The van der Waals surface area contributed by atoms with Gasteiger partial charge in [0.2, 0.25) is 0 Å². The van der Waals surface area contributed by atoms with Gasteiger partial charge in [0.25, 0.3) is 0 Å². The first-order chi connectivity index (χ1) is 8.74. The predicted octanol–water partition coefficient (Wildman–Crippen LogP) is 4.22. The predicted molar refractivity (Wildman–Crippen MR) is 75.6 cm³/mol. The molecule has 88 valence electrons. The quantitative estimate of drug-likeness (QED) is 0.630. The van der Waals surface area contributed by atoms with E-state index in [0.29, 0.717) is 5.58 Å². The molecule has 0 saturated heterocycles. The zero-order chi connectivity index (χ0) is 12.5. The van der Waals surface area contributed by atoms with Crippen LogP contribution in [0.5, 0.6) is 0 Å². The highest BCUT2D eigenvalue weighted by molar-refractivity contribution is 9.10. The molecule has 3 aromatic rings. The van der Waals surface area contributed by atoms with Crippen LogP contribution in [0.1, 0.15) is 0 Å². The maximum absolute atomic E-state index is 11.6. The van der Waals surface area contributed by atoms with Gasteiger partial charge in [-0.2, -0.15) is 0 Å². The summed E-state index contributed by atoms with van der Waals surface area (Å²) in [4.78, 5) is 11.6. The molecule has 0 aliphatic heterocycles. The smallest absolute Gasteiger partial charge is 0.336 e. The fourth-order valence-electron chi connectivity index (χ4n) is 1.98. The fraction of sp³-hybridized carbons (Fsp3) is 0. The van der Waals surface area contributed by atoms with Crippen LogP contribution in [-0.2, 0) is 0 Å². The molecule has 0 amide bonds. The third kappa shape index (κ3) is 1.97. The van der Waals surface area contributed by atoms with E-state index in [4.69, 9.17) is 4.42 Å². The van der Waals surface area contributed by atoms with Gasteiger partial charge in [-0.05, 0) is 29.3 Å². The molecule has 0 unspecified atom stereocenters. The van der Waals surface area contributed by atoms with Crippen molar-refractivity contribution in [2.24, 2.45) is 0 Å². The molecule has 3 heteroatoms. The minimum absolute atomic E-state index is 0.327. The Hall–Kier alpha value is -1.87. The molecular weight excluding hydrogens is 292 g/mol. The minimum Gasteiger partial charge on any atom is -0.423 e. The Bertz CT molecular complexity index is 757. The Balaban J connectivity index is 2.34. The number of rotatable bonds is 1. The molecular formula is C15H9BrO2. The van der Waals surface area contributed by atoms with E-state index in [2.05, 4.69) is 15.9 Å². The van der Waals surface area contributed by atoms with Gasteiger partial charge in [-0.3, -0.25) is 0 Å². The summed E-state index contributed by atoms with van der Waals surface area (Å²) in [5, 5.41) is 0.944. The molecule has 0 aliphatic carbocycles. The molecule has 0 fully saturated rings. The van der Waals surface area contributed by atoms with Crippen molar-refractivity contribution in [3.05, 3.63) is 69.5 Å². The van der Waals surface area contributed by atoms with Crippen LogP contribution in [0.15, 0.2) is 68.3 Å². The first kappa shape index (κ1) is 11.2. The van der Waals surface area contributed by atoms with Crippen LogP contribution < -0.4 is 5.63 Å². The molecule has 18 heavy (non-hydrogen) atoms. The largest absolute Gasteiger partial charge is 0.423 e. The number of fused-ring (bicyclic) bond motifs is 1. The Kier molecular flexibility index (Phi) is 2.76. The van der Waals surface area contributed by atoms with Gasteiger partial charge >= 0.3 is 5.63 Å². The Morgan fingerprint density at radius 1 is 0.944 bits per heavy atom. The fourth-order valence-corrected chi connectivity index (χ4v) is 2.24. The number of benzene rings is 2. The maximum Gasteiger partial charge on any atom is 0.336 e. The highest BCUT2D eigenvalue weighted by Crippen LogP contribution is 2.27. The first-order valence-corrected chi connectivity index (χ1v) is 6.32. The second-order valence-electron chi connectivity index (χ2n) is 3.98. The monoisotopic (exact) mass is 300 g/mol. The van der Waals surface area contributed by atoms with Crippen molar-refractivity contribution in [1.82, 2.24) is 0 Å². The van der Waals surface area contributed by atoms with E-state index in [0.717, 1.165) is 21.0 Å². The van der Waals surface area contributed by atoms with Crippen LogP contribution in [0.2, 0.25) is 0 Å². The Morgan fingerprint density at radius 3 is 2.44 bits per heavy atom. The molecule has 0 radical (unpaired) electrons. The van der Waals surface area contributed by atoms with Gasteiger partial charge in [0.05, 0.1) is 0 Å². The summed E-state index contributed by atoms with van der Waals surface area (Å²) >= 11 is 3.40. The van der Waals surface area contributed by atoms with Crippen LogP contribution >= 0.6 is 15.9 Å². The lowest BCUT2D eigenvalue weighted by molar-refractivity contribution is 0.561. The third-order valence-electron chi connectivity index (χ3n) is 2.81. The molecule has 2 aromatic carbocycles. The molecule has 3 rings (SSSR count). The summed E-state index contributed by atoms with van der Waals surface area (Å²) in [6.07, 6.45) is 0. The zero-order valence-corrected chi connectivity index (χ0v) is 11.0. The van der Waals surface area contributed by atoms with E-state index in [1.54, 1.807) is 6.07 Å². The molecule has 1 aromatic heterocycles. The lowest BCUT2D eigenvalue weighted by atomic mass is 10.0. The van der Waals surface area contributed by atoms with Gasteiger partial charge < -0.3 is 4.42 Å². The van der Waals surface area contributed by atoms with Gasteiger partial charge in [-0.15, -0.1) is 0 Å². The second-order valence-corrected chi connectivity index (χ2v) is 4.90. The van der Waals surface area contributed by atoms with Crippen molar-refractivity contribution in [1.29, 1.82) is 0 Å². The van der Waals surface area contributed by atoms with Crippen LogP contribution in [-0.4, -0.2) is 0 Å². The van der Waals surface area contributed by atoms with Crippen molar-refractivity contribution in [3.8, 4) is 11.1 Å². The van der Waals surface area contributed by atoms with Crippen molar-refractivity contribution in [2.45, 2.75) is 0 Å². The van der Waals surface area contributed by atoms with Gasteiger partial charge in [0.15, 0.2) is 0 Å². The zero-order valence-electron chi connectivity index (χ0n) is 9.39. The van der Waals surface area contributed by atoms with Crippen molar-refractivity contribution < 1.29 is 4.42 Å². The molecule has 1 heterocycles. The first-order valence-electron chi connectivity index (χ1n) is 5.53. The molecule has 0 N–H and O–H groups in total. The summed E-state index contributed by atoms with van der Waals surface area (Å²) in [5.74, 6) is 0. The highest BCUT2D eigenvalue weighted by atomic mass is 79.9. The van der Waals surface area contributed by atoms with Gasteiger partial charge in [-0.25, -0.2) is 4.79 Å². The third-order valence-corrected chi connectivity index (χ3v) is 3.33. The van der Waals surface area contributed by atoms with E-state index in [9.17, 15) is 4.79 Å². The number of halogens is 1. The summed E-state index contributed by atoms with van der Waals surface area (Å²) in [6, 6.07) is 17.0. The topological polar surface area (TPSA) is 30.2 Å². The Morgan fingerprint density at radius 2 is 1.67 bits per heavy atom. The molecule has 0 atom stereocenters. The summed E-state index contributed by atoms with van der Waals surface area (Å²) < 4.78 is 6.20. The molecule has 0 bridgehead atoms. The number of hydrogen-bond donors (Lipinski definition) is 0. The molecule has 2 nitrogen and oxygen atoms in total. The van der Waals surface area contributed by atoms with Gasteiger partial charge in [-0.1, -0.05) is 46.3 Å². The average Bonchev–Trinajstić information content (AvgIpc) is 2.38. The van der Waals surface area contributed by atoms with Crippen molar-refractivity contribution in [3.63, 3.8) is 0 Å². The maximum atomic E-state index is 11.6. The summed E-state index contributed by atoms with van der Waals surface area (Å²) in [5.41, 5.74) is 2.19. The summed E-state index contributed by atoms with van der Waals surface area (Å²) in [7, 11) is 0. The summed E-state index contributed by atoms with van der Waals surface area (Å²) in [6.45, 7) is 0. The lowest BCUT2D eigenvalue weighted by Crippen LogP contribution is -1.97. The average molecular weight is 301 g/mol. The minimum atomic E-state index is -0.327. The SMILES string of the molecule is O=c1cc(-c2ccc(Br)cc2)c2ccccc2o1. The van der Waals surface area contributed by atoms with E-state index in [-0.39, 0.29) is 5.63 Å². The van der Waals surface area contributed by atoms with Crippen LogP contribution in [0.4, 0.5) is 0 Å². The molecule has 0 saturated carbocycles. The van der Waals surface area contributed by atoms with Crippen LogP contribution in [0.25, 0.3) is 22.1 Å². The number of para-hydroxylation sites is 1. The molecule has 0 aliphatic rings. The van der Waals surface area contributed by atoms with Gasteiger partial charge in [0, 0.05) is 15.9 Å². The Labute approximate surface area is 112 Å². The highest BCUT2D eigenvalue weighted by Gasteiger charge is 2.06. The van der Waals surface area contributed by atoms with E-state index < -0.39 is 0 Å².